The van der Waals surface area contributed by atoms with Gasteiger partial charge in [0.25, 0.3) is 5.91 Å². The van der Waals surface area contributed by atoms with Crippen molar-refractivity contribution in [3.63, 3.8) is 0 Å². The molecule has 7 nitrogen and oxygen atoms in total. The predicted octanol–water partition coefficient (Wildman–Crippen LogP) is 4.97. The number of benzene rings is 2. The maximum Gasteiger partial charge on any atom is 0.326 e. The third kappa shape index (κ3) is 6.72. The minimum atomic E-state index is -1.15. The number of pyridine rings is 1. The first kappa shape index (κ1) is 25.0. The lowest BCUT2D eigenvalue weighted by atomic mass is 9.89. The average Bonchev–Trinajstić information content (AvgIpc) is 2.81. The van der Waals surface area contributed by atoms with Crippen molar-refractivity contribution < 1.29 is 19.4 Å². The fourth-order valence-electron chi connectivity index (χ4n) is 3.84. The van der Waals surface area contributed by atoms with Crippen molar-refractivity contribution >= 4 is 40.9 Å². The summed E-state index contributed by atoms with van der Waals surface area (Å²) in [6, 6.07) is 17.2. The number of ether oxygens (including phenoxy) is 1. The average molecular weight is 514 g/mol. The van der Waals surface area contributed by atoms with Gasteiger partial charge in [-0.2, -0.15) is 0 Å². The molecule has 0 radical (unpaired) electrons. The van der Waals surface area contributed by atoms with Crippen molar-refractivity contribution in [1.82, 2.24) is 10.3 Å². The first-order chi connectivity index (χ1) is 16.9. The van der Waals surface area contributed by atoms with Gasteiger partial charge in [-0.25, -0.2) is 9.78 Å². The van der Waals surface area contributed by atoms with Gasteiger partial charge in [0.1, 0.15) is 11.9 Å². The van der Waals surface area contributed by atoms with Crippen molar-refractivity contribution in [2.75, 3.05) is 5.32 Å². The first-order valence-corrected chi connectivity index (χ1v) is 12.0. The molecule has 1 amide bonds. The Morgan fingerprint density at radius 3 is 2.31 bits per heavy atom. The summed E-state index contributed by atoms with van der Waals surface area (Å²) >= 11 is 12.1. The number of anilines is 1. The van der Waals surface area contributed by atoms with Crippen molar-refractivity contribution in [2.24, 2.45) is 0 Å². The largest absolute Gasteiger partial charge is 0.480 e. The van der Waals surface area contributed by atoms with E-state index in [-0.39, 0.29) is 28.1 Å². The molecule has 0 spiro atoms. The molecule has 3 N–H and O–H groups in total. The second-order valence-electron chi connectivity index (χ2n) is 8.44. The van der Waals surface area contributed by atoms with Crippen LogP contribution in [0.3, 0.4) is 0 Å². The summed E-state index contributed by atoms with van der Waals surface area (Å²) in [5.41, 5.74) is 1.83. The quantitative estimate of drug-likeness (QED) is 0.353. The normalized spacial score (nSPS) is 17.8. The number of aromatic nitrogens is 1. The number of aliphatic carboxylic acids is 1. The summed E-state index contributed by atoms with van der Waals surface area (Å²) in [5, 5.41) is 15.8. The lowest BCUT2D eigenvalue weighted by molar-refractivity contribution is -0.139. The second-order valence-corrected chi connectivity index (χ2v) is 9.26. The van der Waals surface area contributed by atoms with Crippen molar-refractivity contribution in [1.29, 1.82) is 0 Å². The lowest BCUT2D eigenvalue weighted by Crippen LogP contribution is -2.42. The minimum Gasteiger partial charge on any atom is -0.480 e. The number of amides is 1. The number of halogens is 2. The highest BCUT2D eigenvalue weighted by molar-refractivity contribution is 6.39. The Bertz CT molecular complexity index is 1150. The molecule has 1 aliphatic carbocycles. The molecular weight excluding hydrogens is 489 g/mol. The lowest BCUT2D eigenvalue weighted by Gasteiger charge is -2.36. The van der Waals surface area contributed by atoms with Crippen molar-refractivity contribution in [3.8, 4) is 0 Å². The van der Waals surface area contributed by atoms with E-state index < -0.39 is 17.9 Å². The van der Waals surface area contributed by atoms with Gasteiger partial charge in [-0.05, 0) is 48.2 Å². The molecule has 1 saturated carbocycles. The smallest absolute Gasteiger partial charge is 0.326 e. The van der Waals surface area contributed by atoms with Gasteiger partial charge in [-0.15, -0.1) is 0 Å². The van der Waals surface area contributed by atoms with E-state index in [9.17, 15) is 14.7 Å². The predicted molar refractivity (Wildman–Crippen MR) is 135 cm³/mol. The Labute approximate surface area is 213 Å². The molecule has 1 heterocycles. The van der Waals surface area contributed by atoms with E-state index in [4.69, 9.17) is 27.9 Å². The summed E-state index contributed by atoms with van der Waals surface area (Å²) in [7, 11) is 0. The third-order valence-electron chi connectivity index (χ3n) is 5.85. The summed E-state index contributed by atoms with van der Waals surface area (Å²) in [6.07, 6.45) is 3.92. The van der Waals surface area contributed by atoms with Crippen LogP contribution in [0, 0.1) is 0 Å². The first-order valence-electron chi connectivity index (χ1n) is 11.2. The van der Waals surface area contributed by atoms with Gasteiger partial charge in [-0.1, -0.05) is 59.6 Å². The molecular formula is C26H25Cl2N3O4. The van der Waals surface area contributed by atoms with Crippen LogP contribution in [0.15, 0.2) is 66.9 Å². The number of nitrogens with one attached hydrogen (secondary N) is 2. The summed E-state index contributed by atoms with van der Waals surface area (Å²) in [6.45, 7) is 0.478. The molecule has 0 aliphatic heterocycles. The molecule has 0 bridgehead atoms. The van der Waals surface area contributed by atoms with Crippen LogP contribution >= 0.6 is 23.2 Å². The zero-order chi connectivity index (χ0) is 24.8. The molecule has 0 unspecified atom stereocenters. The highest BCUT2D eigenvalue weighted by Gasteiger charge is 2.30. The number of carboxylic acid groups (broad SMARTS) is 1. The van der Waals surface area contributed by atoms with E-state index in [1.165, 1.54) is 12.1 Å². The molecule has 1 fully saturated rings. The van der Waals surface area contributed by atoms with Crippen molar-refractivity contribution in [2.45, 2.75) is 44.1 Å². The zero-order valence-corrected chi connectivity index (χ0v) is 20.3. The Morgan fingerprint density at radius 2 is 1.69 bits per heavy atom. The summed E-state index contributed by atoms with van der Waals surface area (Å²) in [5.74, 6) is -0.903. The van der Waals surface area contributed by atoms with Crippen LogP contribution < -0.4 is 10.6 Å². The highest BCUT2D eigenvalue weighted by atomic mass is 35.5. The molecule has 4 rings (SSSR count). The van der Waals surface area contributed by atoms with E-state index in [0.717, 1.165) is 29.8 Å². The van der Waals surface area contributed by atoms with E-state index >= 15 is 0 Å². The minimum absolute atomic E-state index is 0.0584. The topological polar surface area (TPSA) is 101 Å². The number of hydrogen-bond donors (Lipinski definition) is 3. The number of nitrogens with zero attached hydrogens (tertiary/aromatic N) is 1. The number of hydrogen-bond acceptors (Lipinski definition) is 5. The Hall–Kier alpha value is -3.13. The Morgan fingerprint density at radius 1 is 1.00 bits per heavy atom. The van der Waals surface area contributed by atoms with E-state index in [0.29, 0.717) is 12.6 Å². The van der Waals surface area contributed by atoms with Gasteiger partial charge in [0.15, 0.2) is 0 Å². The molecule has 1 atom stereocenters. The summed E-state index contributed by atoms with van der Waals surface area (Å²) < 4.78 is 5.98. The number of rotatable bonds is 10. The molecule has 2 aromatic carbocycles. The molecule has 35 heavy (non-hydrogen) atoms. The van der Waals surface area contributed by atoms with Crippen LogP contribution in [-0.4, -0.2) is 40.2 Å². The Kier molecular flexibility index (Phi) is 8.23. The van der Waals surface area contributed by atoms with Gasteiger partial charge in [0.05, 0.1) is 28.3 Å². The van der Waals surface area contributed by atoms with Gasteiger partial charge < -0.3 is 20.5 Å². The maximum atomic E-state index is 12.6. The Balaban J connectivity index is 1.25. The van der Waals surface area contributed by atoms with Crippen LogP contribution in [0.4, 0.5) is 5.82 Å². The van der Waals surface area contributed by atoms with Gasteiger partial charge >= 0.3 is 5.97 Å². The number of carbonyl (C=O) groups excluding carboxylic acids is 1. The highest BCUT2D eigenvalue weighted by Crippen LogP contribution is 2.27. The van der Waals surface area contributed by atoms with Crippen LogP contribution in [0.1, 0.15) is 34.3 Å². The SMILES string of the molecule is O=C(N[C@H](Cc1ccc(COC2CC(Nc3ccccn3)C2)cc1)C(=O)O)c1c(Cl)cccc1Cl. The van der Waals surface area contributed by atoms with E-state index in [1.54, 1.807) is 12.3 Å². The van der Waals surface area contributed by atoms with Crippen LogP contribution in [0.2, 0.25) is 10.0 Å². The van der Waals surface area contributed by atoms with E-state index in [1.807, 2.05) is 42.5 Å². The molecule has 182 valence electrons. The molecule has 1 aliphatic rings. The van der Waals surface area contributed by atoms with E-state index in [2.05, 4.69) is 15.6 Å². The zero-order valence-electron chi connectivity index (χ0n) is 18.8. The van der Waals surface area contributed by atoms with Gasteiger partial charge in [0.2, 0.25) is 0 Å². The number of carbonyl (C=O) groups is 2. The second kappa shape index (κ2) is 11.5. The molecule has 1 aromatic heterocycles. The fraction of sp³-hybridized carbons (Fsp3) is 0.269. The maximum absolute atomic E-state index is 12.6. The molecule has 3 aromatic rings. The summed E-state index contributed by atoms with van der Waals surface area (Å²) in [4.78, 5) is 28.6. The molecule has 0 saturated heterocycles. The van der Waals surface area contributed by atoms with Crippen LogP contribution in [0.5, 0.6) is 0 Å². The fourth-order valence-corrected chi connectivity index (χ4v) is 4.41. The monoisotopic (exact) mass is 513 g/mol. The van der Waals surface area contributed by atoms with Crippen LogP contribution in [-0.2, 0) is 22.6 Å². The third-order valence-corrected chi connectivity index (χ3v) is 6.48. The number of carboxylic acids is 1. The van der Waals surface area contributed by atoms with Gasteiger partial charge in [0, 0.05) is 18.7 Å². The van der Waals surface area contributed by atoms with Crippen molar-refractivity contribution in [3.05, 3.63) is 93.6 Å². The standard InChI is InChI=1S/C26H25Cl2N3O4/c27-20-4-3-5-21(28)24(20)25(32)31-22(26(33)34)12-16-7-9-17(10-8-16)15-35-19-13-18(14-19)30-23-6-1-2-11-29-23/h1-11,18-19,22H,12-15H2,(H,29,30)(H,31,32)(H,33,34)/t18?,19?,22-/m1/s1. The van der Waals surface area contributed by atoms with Crippen LogP contribution in [0.25, 0.3) is 0 Å². The van der Waals surface area contributed by atoms with Gasteiger partial charge in [-0.3, -0.25) is 4.79 Å². The molecule has 9 heteroatoms.